The van der Waals surface area contributed by atoms with Gasteiger partial charge < -0.3 is 9.84 Å². The first kappa shape index (κ1) is 20.3. The molecule has 0 aliphatic rings. The summed E-state index contributed by atoms with van der Waals surface area (Å²) in [6.45, 7) is 3.35. The van der Waals surface area contributed by atoms with Crippen LogP contribution in [-0.2, 0) is 14.8 Å². The first-order valence-corrected chi connectivity index (χ1v) is 10.5. The topological polar surface area (TPSA) is 92.7 Å². The second-order valence-corrected chi connectivity index (χ2v) is 9.26. The Morgan fingerprint density at radius 2 is 1.62 bits per heavy atom. The van der Waals surface area contributed by atoms with Gasteiger partial charge >= 0.3 is 5.97 Å². The van der Waals surface area contributed by atoms with Crippen molar-refractivity contribution in [2.45, 2.75) is 29.5 Å². The van der Waals surface area contributed by atoms with Gasteiger partial charge in [-0.1, -0.05) is 18.2 Å². The highest BCUT2D eigenvalue weighted by molar-refractivity contribution is 8.00. The van der Waals surface area contributed by atoms with Gasteiger partial charge in [0.1, 0.15) is 17.5 Å². The van der Waals surface area contributed by atoms with Crippen LogP contribution in [0.2, 0.25) is 0 Å². The lowest BCUT2D eigenvalue weighted by Gasteiger charge is -2.29. The molecule has 0 aliphatic carbocycles. The molecule has 6 nitrogen and oxygen atoms in total. The summed E-state index contributed by atoms with van der Waals surface area (Å²) in [6, 6.07) is 13.6. The van der Waals surface area contributed by atoms with Gasteiger partial charge in [-0.2, -0.15) is 16.5 Å². The number of carboxylic acid groups (broad SMARTS) is 1. The number of aliphatic carboxylic acids is 1. The molecule has 1 atom stereocenters. The summed E-state index contributed by atoms with van der Waals surface area (Å²) in [7, 11) is -3.99. The molecule has 140 valence electrons. The van der Waals surface area contributed by atoms with Crippen LogP contribution in [0.3, 0.4) is 0 Å². The second-order valence-electron chi connectivity index (χ2n) is 6.09. The highest BCUT2D eigenvalue weighted by Crippen LogP contribution is 2.28. The Balaban J connectivity index is 2.19. The number of para-hydroxylation sites is 1. The summed E-state index contributed by atoms with van der Waals surface area (Å²) in [6.07, 6.45) is 1.74. The van der Waals surface area contributed by atoms with E-state index in [1.54, 1.807) is 32.2 Å². The van der Waals surface area contributed by atoms with Crippen molar-refractivity contribution in [2.75, 3.05) is 6.26 Å². The predicted molar refractivity (Wildman–Crippen MR) is 102 cm³/mol. The van der Waals surface area contributed by atoms with Gasteiger partial charge in [0.2, 0.25) is 10.0 Å². The molecule has 0 amide bonds. The van der Waals surface area contributed by atoms with Gasteiger partial charge in [-0.3, -0.25) is 4.79 Å². The van der Waals surface area contributed by atoms with Crippen LogP contribution >= 0.6 is 11.8 Å². The van der Waals surface area contributed by atoms with Crippen LogP contribution in [-0.4, -0.2) is 36.5 Å². The van der Waals surface area contributed by atoms with Gasteiger partial charge in [0, 0.05) is 4.75 Å². The molecule has 0 fully saturated rings. The zero-order valence-electron chi connectivity index (χ0n) is 14.7. The summed E-state index contributed by atoms with van der Waals surface area (Å²) in [5, 5.41) is 9.40. The van der Waals surface area contributed by atoms with Crippen molar-refractivity contribution in [1.82, 2.24) is 4.72 Å². The summed E-state index contributed by atoms with van der Waals surface area (Å²) >= 11 is 1.28. The third-order valence-electron chi connectivity index (χ3n) is 3.85. The minimum absolute atomic E-state index is 0.0268. The Labute approximate surface area is 157 Å². The molecule has 8 heteroatoms. The number of hydrogen-bond donors (Lipinski definition) is 2. The summed E-state index contributed by atoms with van der Waals surface area (Å²) < 4.78 is 32.2. The maximum atomic E-state index is 12.6. The molecule has 0 aromatic heterocycles. The van der Waals surface area contributed by atoms with E-state index in [-0.39, 0.29) is 4.90 Å². The molecular weight excluding hydrogens is 374 g/mol. The van der Waals surface area contributed by atoms with Crippen molar-refractivity contribution < 1.29 is 23.1 Å². The van der Waals surface area contributed by atoms with E-state index in [2.05, 4.69) is 4.72 Å². The van der Waals surface area contributed by atoms with Gasteiger partial charge in [-0.25, -0.2) is 8.42 Å². The quantitative estimate of drug-likeness (QED) is 0.712. The standard InChI is InChI=1S/C18H21NO5S2/c1-18(2,25-3)16(17(20)21)19-26(22,23)15-11-9-14(10-12-15)24-13-7-5-4-6-8-13/h4-12,16,19H,1-3H3,(H,20,21)/t16-/m0/s1. The molecule has 0 saturated carbocycles. The average Bonchev–Trinajstić information content (AvgIpc) is 2.61. The summed E-state index contributed by atoms with van der Waals surface area (Å²) in [5.41, 5.74) is 0. The van der Waals surface area contributed by atoms with Crippen molar-refractivity contribution in [3.05, 3.63) is 54.6 Å². The van der Waals surface area contributed by atoms with Gasteiger partial charge in [0.05, 0.1) is 4.90 Å². The lowest BCUT2D eigenvalue weighted by atomic mass is 10.1. The smallest absolute Gasteiger partial charge is 0.323 e. The zero-order valence-corrected chi connectivity index (χ0v) is 16.3. The normalized spacial score (nSPS) is 13.2. The van der Waals surface area contributed by atoms with Crippen LogP contribution in [0.15, 0.2) is 59.5 Å². The number of carboxylic acids is 1. The molecule has 0 aliphatic heterocycles. The third kappa shape index (κ3) is 5.00. The molecule has 0 saturated heterocycles. The highest BCUT2D eigenvalue weighted by Gasteiger charge is 2.38. The van der Waals surface area contributed by atoms with Crippen LogP contribution in [0.5, 0.6) is 11.5 Å². The Bertz CT molecular complexity index is 849. The van der Waals surface area contributed by atoms with E-state index in [1.807, 2.05) is 18.2 Å². The monoisotopic (exact) mass is 395 g/mol. The number of sulfonamides is 1. The third-order valence-corrected chi connectivity index (χ3v) is 6.58. The number of nitrogens with one attached hydrogen (secondary N) is 1. The predicted octanol–water partition coefficient (Wildman–Crippen LogP) is 3.35. The van der Waals surface area contributed by atoms with Crippen molar-refractivity contribution in [3.63, 3.8) is 0 Å². The van der Waals surface area contributed by atoms with Crippen molar-refractivity contribution >= 4 is 27.8 Å². The van der Waals surface area contributed by atoms with E-state index in [0.717, 1.165) is 0 Å². The second kappa shape index (κ2) is 8.11. The Hall–Kier alpha value is -2.03. The maximum absolute atomic E-state index is 12.6. The van der Waals surface area contributed by atoms with Crippen LogP contribution in [0.25, 0.3) is 0 Å². The van der Waals surface area contributed by atoms with Gasteiger partial charge in [0.25, 0.3) is 0 Å². The number of thioether (sulfide) groups is 1. The molecule has 0 spiro atoms. The molecule has 2 N–H and O–H groups in total. The number of carbonyl (C=O) groups is 1. The zero-order chi connectivity index (χ0) is 19.4. The molecule has 0 radical (unpaired) electrons. The molecule has 2 rings (SSSR count). The van der Waals surface area contributed by atoms with Crippen LogP contribution in [0.1, 0.15) is 13.8 Å². The summed E-state index contributed by atoms with van der Waals surface area (Å²) in [5.74, 6) is -0.111. The van der Waals surface area contributed by atoms with Crippen molar-refractivity contribution in [3.8, 4) is 11.5 Å². The van der Waals surface area contributed by atoms with Crippen LogP contribution < -0.4 is 9.46 Å². The first-order chi connectivity index (χ1) is 12.2. The fourth-order valence-electron chi connectivity index (χ4n) is 2.14. The van der Waals surface area contributed by atoms with E-state index >= 15 is 0 Å². The Morgan fingerprint density at radius 3 is 2.12 bits per heavy atom. The molecular formula is C18H21NO5S2. The fraction of sp³-hybridized carbons (Fsp3) is 0.278. The molecule has 2 aromatic rings. The van der Waals surface area contributed by atoms with Crippen molar-refractivity contribution in [2.24, 2.45) is 0 Å². The number of hydrogen-bond acceptors (Lipinski definition) is 5. The van der Waals surface area contributed by atoms with E-state index in [0.29, 0.717) is 11.5 Å². The molecule has 0 heterocycles. The summed E-state index contributed by atoms with van der Waals surface area (Å²) in [4.78, 5) is 11.5. The molecule has 0 unspecified atom stereocenters. The maximum Gasteiger partial charge on any atom is 0.323 e. The van der Waals surface area contributed by atoms with E-state index in [1.165, 1.54) is 36.0 Å². The Morgan fingerprint density at radius 1 is 1.08 bits per heavy atom. The van der Waals surface area contributed by atoms with Gasteiger partial charge in [-0.15, -0.1) is 0 Å². The largest absolute Gasteiger partial charge is 0.480 e. The van der Waals surface area contributed by atoms with Crippen LogP contribution in [0, 0.1) is 0 Å². The SMILES string of the molecule is CSC(C)(C)[C@@H](NS(=O)(=O)c1ccc(Oc2ccccc2)cc1)C(=O)O. The lowest BCUT2D eigenvalue weighted by Crippen LogP contribution is -2.52. The van der Waals surface area contributed by atoms with E-state index in [9.17, 15) is 18.3 Å². The van der Waals surface area contributed by atoms with Crippen molar-refractivity contribution in [1.29, 1.82) is 0 Å². The molecule has 0 bridgehead atoms. The number of rotatable bonds is 8. The number of ether oxygens (including phenoxy) is 1. The molecule has 26 heavy (non-hydrogen) atoms. The Kier molecular flexibility index (Phi) is 6.33. The van der Waals surface area contributed by atoms with Gasteiger partial charge in [0.15, 0.2) is 0 Å². The fourth-order valence-corrected chi connectivity index (χ4v) is 3.95. The lowest BCUT2D eigenvalue weighted by molar-refractivity contribution is -0.139. The van der Waals surface area contributed by atoms with E-state index in [4.69, 9.17) is 4.74 Å². The highest BCUT2D eigenvalue weighted by atomic mass is 32.2. The molecule has 2 aromatic carbocycles. The average molecular weight is 396 g/mol. The van der Waals surface area contributed by atoms with Crippen LogP contribution in [0.4, 0.5) is 0 Å². The van der Waals surface area contributed by atoms with Gasteiger partial charge in [-0.05, 0) is 56.5 Å². The van der Waals surface area contributed by atoms with E-state index < -0.39 is 26.8 Å². The minimum atomic E-state index is -3.99. The number of benzene rings is 2. The first-order valence-electron chi connectivity index (χ1n) is 7.79. The minimum Gasteiger partial charge on any atom is -0.480 e.